The number of carbonyl (C=O) groups excluding carboxylic acids is 15. The third-order valence-corrected chi connectivity index (χ3v) is 20.1. The van der Waals surface area contributed by atoms with E-state index in [0.717, 1.165) is 28.5 Å². The van der Waals surface area contributed by atoms with Gasteiger partial charge in [0, 0.05) is 91.5 Å². The fourth-order valence-corrected chi connectivity index (χ4v) is 13.8. The number of primary amides is 2. The molecule has 1 aromatic carbocycles. The van der Waals surface area contributed by atoms with Crippen LogP contribution >= 0.6 is 21.6 Å². The molecule has 26 N–H and O–H groups in total. The maximum absolute atomic E-state index is 14.9. The predicted octanol–water partition coefficient (Wildman–Crippen LogP) is -5.39. The van der Waals surface area contributed by atoms with Crippen LogP contribution in [0.1, 0.15) is 117 Å². The fourth-order valence-electron chi connectivity index (χ4n) is 11.5. The second kappa shape index (κ2) is 45.1. The molecule has 15 amide bonds. The molecule has 112 heavy (non-hydrogen) atoms. The standard InChI is InChI=1S/C69H103N23O18S2/c1-9-34(6)55(81-36(8)94)68(110)90-49-28-111-112-29-50(66(108)92-56(35(7)93)57(71)99)89-59(101)42(15-12-18-76-69(72)73)83-62(104)47(22-39-26-75-31-80-39)87-61(103)46(21-38-25-74-30-79-38)82-52(96)27-78-58(100)45(20-37-24-77-41-14-11-10-13-40(37)41)86-63(105)48(23-53(97)98)88-60(102)43(16-17-51(70)95)84-67(109)54(33(4)5)91-64(106)44(19-32(2)3)85-65(49)107/h10-11,13-14,24-26,30-35,42-50,54-56,77,93H,9,12,15-23,27-29H2,1-8H3,(H2,70,95)(H2,71,99)(H,74,79)(H,75,80)(H,78,100)(H,81,94)(H,82,96)(H,83,104)(H,84,109)(H,85,107)(H,86,105)(H,87,103)(H,88,102)(H,89,101)(H,90,110)(H,91,106)(H,92,108)(H,97,98)(H4,72,73,76)/t34-,35+,42-,43-,44-,45-,46-,47-,48-,49-,50-,54-,55-,56-/m0/s1. The zero-order valence-corrected chi connectivity index (χ0v) is 64.8. The van der Waals surface area contributed by atoms with Crippen LogP contribution in [0, 0.1) is 23.2 Å². The van der Waals surface area contributed by atoms with Crippen LogP contribution < -0.4 is 91.6 Å². The summed E-state index contributed by atoms with van der Waals surface area (Å²) in [7, 11) is 1.65. The molecule has 0 saturated carbocycles. The molecule has 0 aliphatic carbocycles. The topological polar surface area (TPSA) is 657 Å². The van der Waals surface area contributed by atoms with Gasteiger partial charge in [-0.3, -0.25) is 82.1 Å². The second-order valence-electron chi connectivity index (χ2n) is 27.7. The van der Waals surface area contributed by atoms with Gasteiger partial charge in [0.2, 0.25) is 88.6 Å². The molecule has 1 fully saturated rings. The largest absolute Gasteiger partial charge is 0.481 e. The number of guanidine groups is 1. The monoisotopic (exact) mass is 1610 g/mol. The molecule has 41 nitrogen and oxygen atoms in total. The Kier molecular flexibility index (Phi) is 36.7. The van der Waals surface area contributed by atoms with E-state index >= 15 is 0 Å². The van der Waals surface area contributed by atoms with Crippen LogP contribution in [0.4, 0.5) is 0 Å². The maximum atomic E-state index is 14.9. The third kappa shape index (κ3) is 30.1. The number of para-hydroxylation sites is 1. The zero-order chi connectivity index (χ0) is 83.1. The maximum Gasteiger partial charge on any atom is 0.305 e. The van der Waals surface area contributed by atoms with Crippen molar-refractivity contribution in [2.45, 2.75) is 198 Å². The van der Waals surface area contributed by atoms with E-state index in [2.05, 4.69) is 99.4 Å². The van der Waals surface area contributed by atoms with Gasteiger partial charge in [-0.25, -0.2) is 9.97 Å². The first-order valence-corrected chi connectivity index (χ1v) is 38.6. The number of hydrogen-bond donors (Lipinski definition) is 23. The van der Waals surface area contributed by atoms with Gasteiger partial charge < -0.3 is 117 Å². The van der Waals surface area contributed by atoms with E-state index < -0.39 is 228 Å². The molecule has 14 atom stereocenters. The van der Waals surface area contributed by atoms with Crippen LogP contribution in [0.25, 0.3) is 10.9 Å². The zero-order valence-electron chi connectivity index (χ0n) is 63.2. The van der Waals surface area contributed by atoms with Gasteiger partial charge in [0.05, 0.1) is 31.7 Å². The number of imidazole rings is 2. The first kappa shape index (κ1) is 91.2. The SMILES string of the molecule is CC[C@H](C)[C@H](NC(C)=O)C(=O)N[C@H]1CSSC[C@@H](C(=O)N[C@H](C(N)=O)[C@@H](C)O)NC(=O)[C@H](CCCNC(=N)N)NC(=O)[C@H](Cc2cnc[nH]2)NC(=O)[C@H](Cc2cnc[nH]2)NC(=O)CNC(=O)[C@H](Cc2c[nH]c3ccccc23)NC(=O)[C@H](CC(=O)O)NC(=O)[C@H](CCC(N)=O)NC(=O)[C@H](C(C)C)NC(=O)[C@H](CC(C)C)NC1=O. The number of amides is 15. The van der Waals surface area contributed by atoms with E-state index in [9.17, 15) is 86.9 Å². The molecule has 1 saturated heterocycles. The molecule has 0 radical (unpaired) electrons. The molecule has 1 aliphatic heterocycles. The summed E-state index contributed by atoms with van der Waals surface area (Å²) < 4.78 is 0. The number of H-pyrrole nitrogens is 3. The van der Waals surface area contributed by atoms with Crippen LogP contribution in [-0.4, -0.2) is 239 Å². The summed E-state index contributed by atoms with van der Waals surface area (Å²) in [5, 5.41) is 64.5. The Balaban J connectivity index is 1.68. The minimum Gasteiger partial charge on any atom is -0.481 e. The average Bonchev–Trinajstić information content (AvgIpc) is 1.63. The van der Waals surface area contributed by atoms with E-state index in [1.807, 2.05) is 0 Å². The van der Waals surface area contributed by atoms with E-state index in [4.69, 9.17) is 22.6 Å². The van der Waals surface area contributed by atoms with Crippen molar-refractivity contribution < 1.29 is 86.9 Å². The Labute approximate surface area is 652 Å². The van der Waals surface area contributed by atoms with Gasteiger partial charge in [-0.05, 0) is 62.0 Å². The number of carbonyl (C=O) groups is 16. The molecule has 3 aromatic heterocycles. The predicted molar refractivity (Wildman–Crippen MR) is 408 cm³/mol. The normalized spacial score (nSPS) is 22.8. The number of aliphatic hydroxyl groups is 1. The van der Waals surface area contributed by atoms with Crippen LogP contribution in [0.5, 0.6) is 0 Å². The van der Waals surface area contributed by atoms with Gasteiger partial charge in [-0.15, -0.1) is 0 Å². The molecular formula is C69H103N23O18S2. The highest BCUT2D eigenvalue weighted by molar-refractivity contribution is 8.76. The number of aliphatic hydroxyl groups excluding tert-OH is 1. The molecule has 4 aromatic rings. The number of benzene rings is 1. The van der Waals surface area contributed by atoms with Crippen LogP contribution in [0.15, 0.2) is 55.5 Å². The first-order chi connectivity index (χ1) is 52.9. The summed E-state index contributed by atoms with van der Waals surface area (Å²) in [5.41, 5.74) is 18.2. The highest BCUT2D eigenvalue weighted by Crippen LogP contribution is 2.25. The van der Waals surface area contributed by atoms with Crippen molar-refractivity contribution in [1.82, 2.24) is 99.4 Å². The lowest BCUT2D eigenvalue weighted by molar-refractivity contribution is -0.141. The highest BCUT2D eigenvalue weighted by atomic mass is 33.1. The van der Waals surface area contributed by atoms with Gasteiger partial charge in [0.15, 0.2) is 5.96 Å². The van der Waals surface area contributed by atoms with E-state index in [-0.39, 0.29) is 62.4 Å². The molecule has 0 spiro atoms. The number of nitrogens with two attached hydrogens (primary N) is 3. The molecule has 43 heteroatoms. The minimum absolute atomic E-state index is 0.0143. The van der Waals surface area contributed by atoms with E-state index in [1.165, 1.54) is 52.0 Å². The number of carboxylic acid groups (broad SMARTS) is 1. The summed E-state index contributed by atoms with van der Waals surface area (Å²) in [6.45, 7) is 11.2. The Bertz CT molecular complexity index is 3950. The van der Waals surface area contributed by atoms with Gasteiger partial charge in [-0.2, -0.15) is 0 Å². The number of nitrogens with zero attached hydrogens (tertiary/aromatic N) is 2. The van der Waals surface area contributed by atoms with Crippen molar-refractivity contribution in [1.29, 1.82) is 5.41 Å². The van der Waals surface area contributed by atoms with Crippen molar-refractivity contribution in [3.05, 3.63) is 72.5 Å². The van der Waals surface area contributed by atoms with Gasteiger partial charge in [-0.1, -0.05) is 87.8 Å². The number of nitrogens with one attached hydrogen (secondary N) is 18. The number of carboxylic acids is 1. The quantitative estimate of drug-likeness (QED) is 0.0115. The highest BCUT2D eigenvalue weighted by Gasteiger charge is 2.39. The molecular weight excluding hydrogens is 1500 g/mol. The number of rotatable bonds is 27. The van der Waals surface area contributed by atoms with Gasteiger partial charge >= 0.3 is 5.97 Å². The molecule has 4 heterocycles. The smallest absolute Gasteiger partial charge is 0.305 e. The number of aromatic amines is 3. The van der Waals surface area contributed by atoms with Crippen molar-refractivity contribution in [2.24, 2.45) is 35.0 Å². The minimum atomic E-state index is -2.05. The van der Waals surface area contributed by atoms with Crippen LogP contribution in [0.2, 0.25) is 0 Å². The Morgan fingerprint density at radius 3 is 1.73 bits per heavy atom. The van der Waals surface area contributed by atoms with Crippen molar-refractivity contribution in [3.63, 3.8) is 0 Å². The lowest BCUT2D eigenvalue weighted by Crippen LogP contribution is -2.61. The summed E-state index contributed by atoms with van der Waals surface area (Å²) in [6.07, 6.45) is 1.71. The van der Waals surface area contributed by atoms with Crippen molar-refractivity contribution in [3.8, 4) is 0 Å². The van der Waals surface area contributed by atoms with Crippen LogP contribution in [-0.2, 0) is 96.0 Å². The second-order valence-corrected chi connectivity index (χ2v) is 30.2. The Morgan fingerprint density at radius 2 is 1.17 bits per heavy atom. The molecule has 1 aliphatic rings. The molecule has 0 bridgehead atoms. The number of aromatic nitrogens is 5. The van der Waals surface area contributed by atoms with E-state index in [0.29, 0.717) is 22.9 Å². The van der Waals surface area contributed by atoms with Gasteiger partial charge in [0.25, 0.3) is 0 Å². The van der Waals surface area contributed by atoms with Crippen molar-refractivity contribution in [2.75, 3.05) is 24.6 Å². The Morgan fingerprint density at radius 1 is 0.625 bits per heavy atom. The van der Waals surface area contributed by atoms with E-state index in [1.54, 1.807) is 52.0 Å². The lowest BCUT2D eigenvalue weighted by atomic mass is 9.97. The summed E-state index contributed by atoms with van der Waals surface area (Å²) in [5.74, 6) is -20.2. The first-order valence-electron chi connectivity index (χ1n) is 36.1. The average molecular weight is 1610 g/mol. The van der Waals surface area contributed by atoms with Gasteiger partial charge in [0.1, 0.15) is 72.5 Å². The van der Waals surface area contributed by atoms with Crippen molar-refractivity contribution >= 4 is 133 Å². The molecule has 5 rings (SSSR count). The molecule has 614 valence electrons. The number of fused-ring (bicyclic) bond motifs is 1. The van der Waals surface area contributed by atoms with Crippen LogP contribution in [0.3, 0.4) is 0 Å². The summed E-state index contributed by atoms with van der Waals surface area (Å²) in [4.78, 5) is 242. The summed E-state index contributed by atoms with van der Waals surface area (Å²) in [6, 6.07) is -13.0. The Hall–Kier alpha value is -11.4. The fraction of sp³-hybridized carbons (Fsp3) is 0.551. The third-order valence-electron chi connectivity index (χ3n) is 17.7. The summed E-state index contributed by atoms with van der Waals surface area (Å²) >= 11 is 0. The lowest BCUT2D eigenvalue weighted by Gasteiger charge is -2.30. The number of aliphatic carboxylic acids is 1. The molecule has 0 unspecified atom stereocenters. The number of hydrogen-bond acceptors (Lipinski definition) is 22.